The zero-order chi connectivity index (χ0) is 17.3. The highest BCUT2D eigenvalue weighted by Gasteiger charge is 2.25. The fourth-order valence-electron chi connectivity index (χ4n) is 1.75. The number of carboxylic acid groups (broad SMARTS) is 1. The minimum absolute atomic E-state index is 0.0313. The Labute approximate surface area is 131 Å². The van der Waals surface area contributed by atoms with Gasteiger partial charge in [-0.15, -0.1) is 0 Å². The molecule has 7 nitrogen and oxygen atoms in total. The number of unbranched alkanes of at least 4 members (excludes halogenated alkanes) is 1. The molecule has 0 aromatic rings. The second-order valence-corrected chi connectivity index (χ2v) is 6.27. The number of aliphatic carboxylic acids is 1. The molecule has 0 aromatic heterocycles. The van der Waals surface area contributed by atoms with E-state index < -0.39 is 35.5 Å². The third kappa shape index (κ3) is 9.33. The van der Waals surface area contributed by atoms with Crippen LogP contribution in [0, 0.1) is 0 Å². The molecule has 0 unspecified atom stereocenters. The summed E-state index contributed by atoms with van der Waals surface area (Å²) < 4.78 is 5.10. The Morgan fingerprint density at radius 2 is 1.82 bits per heavy atom. The maximum atomic E-state index is 11.8. The molecule has 128 valence electrons. The molecule has 7 heteroatoms. The van der Waals surface area contributed by atoms with E-state index >= 15 is 0 Å². The lowest BCUT2D eigenvalue weighted by Crippen LogP contribution is -2.48. The van der Waals surface area contributed by atoms with Crippen molar-refractivity contribution in [1.82, 2.24) is 5.32 Å². The average molecular weight is 316 g/mol. The highest BCUT2D eigenvalue weighted by molar-refractivity contribution is 5.87. The van der Waals surface area contributed by atoms with Crippen molar-refractivity contribution in [2.75, 3.05) is 0 Å². The van der Waals surface area contributed by atoms with E-state index in [0.29, 0.717) is 6.42 Å². The molecule has 0 radical (unpaired) electrons. The zero-order valence-electron chi connectivity index (χ0n) is 13.8. The van der Waals surface area contributed by atoms with Crippen LogP contribution in [0.5, 0.6) is 0 Å². The van der Waals surface area contributed by atoms with Gasteiger partial charge in [-0.1, -0.05) is 19.8 Å². The second kappa shape index (κ2) is 9.40. The monoisotopic (exact) mass is 316 g/mol. The van der Waals surface area contributed by atoms with Crippen LogP contribution in [0.25, 0.3) is 0 Å². The average Bonchev–Trinajstić information content (AvgIpc) is 2.37. The third-order valence-electron chi connectivity index (χ3n) is 2.88. The van der Waals surface area contributed by atoms with Gasteiger partial charge in [-0.05, 0) is 33.6 Å². The van der Waals surface area contributed by atoms with E-state index in [1.54, 1.807) is 20.8 Å². The quantitative estimate of drug-likeness (QED) is 0.550. The SMILES string of the molecule is CCCC[C@H](N)C(=O)N[C@@H](CCC(=O)OC(C)(C)C)C(=O)O. The van der Waals surface area contributed by atoms with Gasteiger partial charge in [0.05, 0.1) is 6.04 Å². The molecule has 0 aromatic carbocycles. The number of esters is 1. The highest BCUT2D eigenvalue weighted by Crippen LogP contribution is 2.10. The van der Waals surface area contributed by atoms with E-state index in [4.69, 9.17) is 15.6 Å². The number of hydrogen-bond donors (Lipinski definition) is 3. The molecule has 0 saturated heterocycles. The first-order chi connectivity index (χ1) is 10.1. The molecule has 0 spiro atoms. The van der Waals surface area contributed by atoms with E-state index in [0.717, 1.165) is 12.8 Å². The molecule has 2 atom stereocenters. The summed E-state index contributed by atoms with van der Waals surface area (Å²) in [7, 11) is 0. The van der Waals surface area contributed by atoms with Gasteiger partial charge in [-0.25, -0.2) is 4.79 Å². The van der Waals surface area contributed by atoms with Gasteiger partial charge in [0, 0.05) is 6.42 Å². The Morgan fingerprint density at radius 3 is 2.27 bits per heavy atom. The lowest BCUT2D eigenvalue weighted by atomic mass is 10.1. The van der Waals surface area contributed by atoms with Crippen LogP contribution in [0.2, 0.25) is 0 Å². The fourth-order valence-corrected chi connectivity index (χ4v) is 1.75. The number of carbonyl (C=O) groups excluding carboxylic acids is 2. The maximum Gasteiger partial charge on any atom is 0.326 e. The number of amides is 1. The summed E-state index contributed by atoms with van der Waals surface area (Å²) >= 11 is 0. The first-order valence-corrected chi connectivity index (χ1v) is 7.57. The van der Waals surface area contributed by atoms with Gasteiger partial charge in [-0.3, -0.25) is 9.59 Å². The van der Waals surface area contributed by atoms with Gasteiger partial charge < -0.3 is 20.9 Å². The van der Waals surface area contributed by atoms with E-state index in [1.807, 2.05) is 6.92 Å². The van der Waals surface area contributed by atoms with Crippen molar-refractivity contribution in [2.45, 2.75) is 77.5 Å². The second-order valence-electron chi connectivity index (χ2n) is 6.27. The Kier molecular flexibility index (Phi) is 8.70. The third-order valence-corrected chi connectivity index (χ3v) is 2.88. The predicted molar refractivity (Wildman–Crippen MR) is 82.1 cm³/mol. The number of carboxylic acids is 1. The number of hydrogen-bond acceptors (Lipinski definition) is 5. The van der Waals surface area contributed by atoms with Crippen molar-refractivity contribution in [3.05, 3.63) is 0 Å². The number of nitrogens with one attached hydrogen (secondary N) is 1. The summed E-state index contributed by atoms with van der Waals surface area (Å²) in [5.74, 6) is -2.20. The molecule has 0 saturated carbocycles. The molecule has 0 rings (SSSR count). The predicted octanol–water partition coefficient (Wildman–Crippen LogP) is 1.20. The Balaban J connectivity index is 4.41. The Bertz CT molecular complexity index is 390. The number of rotatable bonds is 9. The van der Waals surface area contributed by atoms with Crippen molar-refractivity contribution in [3.8, 4) is 0 Å². The molecule has 0 aliphatic rings. The van der Waals surface area contributed by atoms with Crippen LogP contribution in [-0.4, -0.2) is 40.6 Å². The van der Waals surface area contributed by atoms with Crippen LogP contribution in [0.4, 0.5) is 0 Å². The van der Waals surface area contributed by atoms with Gasteiger partial charge >= 0.3 is 11.9 Å². The molecule has 1 amide bonds. The van der Waals surface area contributed by atoms with Crippen molar-refractivity contribution in [1.29, 1.82) is 0 Å². The van der Waals surface area contributed by atoms with Gasteiger partial charge in [0.25, 0.3) is 0 Å². The smallest absolute Gasteiger partial charge is 0.326 e. The summed E-state index contributed by atoms with van der Waals surface area (Å²) in [6, 6.07) is -1.88. The molecule has 0 aliphatic carbocycles. The van der Waals surface area contributed by atoms with Crippen molar-refractivity contribution < 1.29 is 24.2 Å². The van der Waals surface area contributed by atoms with Gasteiger partial charge in [0.15, 0.2) is 0 Å². The highest BCUT2D eigenvalue weighted by atomic mass is 16.6. The Hall–Kier alpha value is -1.63. The summed E-state index contributed by atoms with van der Waals surface area (Å²) in [4.78, 5) is 34.6. The topological polar surface area (TPSA) is 119 Å². The molecule has 0 bridgehead atoms. The number of ether oxygens (including phenoxy) is 1. The largest absolute Gasteiger partial charge is 0.480 e. The first-order valence-electron chi connectivity index (χ1n) is 7.57. The summed E-state index contributed by atoms with van der Waals surface area (Å²) in [5, 5.41) is 11.5. The summed E-state index contributed by atoms with van der Waals surface area (Å²) in [6.07, 6.45) is 2.09. The Morgan fingerprint density at radius 1 is 1.23 bits per heavy atom. The lowest BCUT2D eigenvalue weighted by molar-refractivity contribution is -0.155. The standard InChI is InChI=1S/C15H28N2O5/c1-5-6-7-10(16)13(19)17-11(14(20)21)8-9-12(18)22-15(2,3)4/h10-11H,5-9,16H2,1-4H3,(H,17,19)(H,20,21)/t10-,11-/m0/s1. The van der Waals surface area contributed by atoms with Crippen LogP contribution >= 0.6 is 0 Å². The fraction of sp³-hybridized carbons (Fsp3) is 0.800. The first kappa shape index (κ1) is 20.4. The van der Waals surface area contributed by atoms with Crippen LogP contribution in [0.15, 0.2) is 0 Å². The maximum absolute atomic E-state index is 11.8. The zero-order valence-corrected chi connectivity index (χ0v) is 13.8. The van der Waals surface area contributed by atoms with Crippen LogP contribution in [0.1, 0.15) is 59.8 Å². The molecule has 0 aliphatic heterocycles. The van der Waals surface area contributed by atoms with E-state index in [2.05, 4.69) is 5.32 Å². The van der Waals surface area contributed by atoms with Gasteiger partial charge in [0.2, 0.25) is 5.91 Å². The molecule has 0 fully saturated rings. The summed E-state index contributed by atoms with van der Waals surface area (Å²) in [6.45, 7) is 7.17. The molecular weight excluding hydrogens is 288 g/mol. The number of carbonyl (C=O) groups is 3. The van der Waals surface area contributed by atoms with E-state index in [1.165, 1.54) is 0 Å². The minimum atomic E-state index is -1.19. The van der Waals surface area contributed by atoms with Crippen molar-refractivity contribution in [2.24, 2.45) is 5.73 Å². The van der Waals surface area contributed by atoms with Crippen LogP contribution in [-0.2, 0) is 19.1 Å². The normalized spacial score (nSPS) is 14.0. The van der Waals surface area contributed by atoms with Crippen LogP contribution < -0.4 is 11.1 Å². The van der Waals surface area contributed by atoms with Crippen LogP contribution in [0.3, 0.4) is 0 Å². The molecular formula is C15H28N2O5. The molecule has 0 heterocycles. The van der Waals surface area contributed by atoms with E-state index in [-0.39, 0.29) is 12.8 Å². The minimum Gasteiger partial charge on any atom is -0.480 e. The van der Waals surface area contributed by atoms with Gasteiger partial charge in [-0.2, -0.15) is 0 Å². The van der Waals surface area contributed by atoms with Crippen molar-refractivity contribution in [3.63, 3.8) is 0 Å². The number of nitrogens with two attached hydrogens (primary N) is 1. The molecule has 22 heavy (non-hydrogen) atoms. The van der Waals surface area contributed by atoms with Gasteiger partial charge in [0.1, 0.15) is 11.6 Å². The van der Waals surface area contributed by atoms with Crippen molar-refractivity contribution >= 4 is 17.8 Å². The molecule has 4 N–H and O–H groups in total. The van der Waals surface area contributed by atoms with E-state index in [9.17, 15) is 14.4 Å². The summed E-state index contributed by atoms with van der Waals surface area (Å²) in [5.41, 5.74) is 5.07. The lowest BCUT2D eigenvalue weighted by Gasteiger charge is -2.21.